The summed E-state index contributed by atoms with van der Waals surface area (Å²) in [5.74, 6) is 4.66. The Morgan fingerprint density at radius 2 is 2.33 bits per heavy atom. The molecule has 0 amide bonds. The van der Waals surface area contributed by atoms with E-state index in [9.17, 15) is 12.8 Å². The molecule has 1 aromatic heterocycles. The summed E-state index contributed by atoms with van der Waals surface area (Å²) in [5.41, 5.74) is 2.19. The van der Waals surface area contributed by atoms with Crippen LogP contribution in [0.15, 0.2) is 6.20 Å². The van der Waals surface area contributed by atoms with Crippen molar-refractivity contribution < 1.29 is 12.8 Å². The molecule has 18 heavy (non-hydrogen) atoms. The van der Waals surface area contributed by atoms with Gasteiger partial charge in [0, 0.05) is 6.54 Å². The molecular weight excluding hydrogens is 261 g/mol. The zero-order valence-corrected chi connectivity index (χ0v) is 10.4. The Hall–Kier alpha value is -1.48. The molecule has 1 unspecified atom stereocenters. The number of nitrogens with zero attached hydrogens (tertiary/aromatic N) is 2. The maximum absolute atomic E-state index is 13.4. The van der Waals surface area contributed by atoms with Gasteiger partial charge in [-0.2, -0.15) is 4.98 Å². The highest BCUT2D eigenvalue weighted by molar-refractivity contribution is 7.92. The summed E-state index contributed by atoms with van der Waals surface area (Å²) in [7, 11) is -3.05. The van der Waals surface area contributed by atoms with Crippen molar-refractivity contribution in [1.29, 1.82) is 0 Å². The van der Waals surface area contributed by atoms with Gasteiger partial charge in [-0.1, -0.05) is 0 Å². The van der Waals surface area contributed by atoms with Crippen LogP contribution in [-0.2, 0) is 9.84 Å². The molecule has 9 heteroatoms. The van der Waals surface area contributed by atoms with Gasteiger partial charge < -0.3 is 5.32 Å². The first kappa shape index (κ1) is 13.0. The number of nitrogens with one attached hydrogen (secondary N) is 2. The lowest BCUT2D eigenvalue weighted by atomic mass is 10.2. The number of hydrogen-bond acceptors (Lipinski definition) is 7. The van der Waals surface area contributed by atoms with Crippen molar-refractivity contribution in [2.24, 2.45) is 5.84 Å². The molecule has 0 spiro atoms. The molecule has 2 rings (SSSR count). The second-order valence-electron chi connectivity index (χ2n) is 4.05. The maximum atomic E-state index is 13.4. The zero-order valence-electron chi connectivity index (χ0n) is 9.56. The normalized spacial score (nSPS) is 21.8. The highest BCUT2D eigenvalue weighted by Gasteiger charge is 2.31. The number of sulfone groups is 1. The van der Waals surface area contributed by atoms with Crippen LogP contribution in [0.2, 0.25) is 0 Å². The largest absolute Gasteiger partial charge is 0.366 e. The number of nitrogens with two attached hydrogens (primary N) is 1. The number of hydrazine groups is 1. The maximum Gasteiger partial charge on any atom is 0.239 e. The summed E-state index contributed by atoms with van der Waals surface area (Å²) in [4.78, 5) is 7.36. The van der Waals surface area contributed by atoms with Gasteiger partial charge in [-0.25, -0.2) is 23.6 Å². The quantitative estimate of drug-likeness (QED) is 0.519. The van der Waals surface area contributed by atoms with Crippen LogP contribution >= 0.6 is 0 Å². The van der Waals surface area contributed by atoms with E-state index in [-0.39, 0.29) is 24.1 Å². The molecule has 0 aliphatic carbocycles. The molecule has 7 nitrogen and oxygen atoms in total. The second kappa shape index (κ2) is 5.02. The third-order valence-electron chi connectivity index (χ3n) is 2.83. The fourth-order valence-electron chi connectivity index (χ4n) is 1.86. The number of hydrogen-bond donors (Lipinski definition) is 3. The van der Waals surface area contributed by atoms with E-state index in [1.807, 2.05) is 0 Å². The fourth-order valence-corrected chi connectivity index (χ4v) is 3.62. The number of aromatic nitrogens is 2. The standard InChI is InChI=1S/C9H14FN5O2S/c10-7-5-13-9(15-11)14-8(7)12-4-6-2-1-3-18(6,16)17/h5-6H,1-4,11H2,(H2,12,13,14,15). The molecule has 4 N–H and O–H groups in total. The van der Waals surface area contributed by atoms with E-state index in [1.54, 1.807) is 0 Å². The molecule has 1 aliphatic rings. The summed E-state index contributed by atoms with van der Waals surface area (Å²) in [5, 5.41) is 2.20. The first-order valence-electron chi connectivity index (χ1n) is 5.47. The molecule has 1 atom stereocenters. The number of nitrogen functional groups attached to an aromatic ring is 1. The Bertz CT molecular complexity index is 536. The van der Waals surface area contributed by atoms with Gasteiger partial charge in [-0.05, 0) is 12.8 Å². The molecular formula is C9H14FN5O2S. The molecule has 1 aliphatic heterocycles. The molecule has 1 aromatic rings. The van der Waals surface area contributed by atoms with Crippen molar-refractivity contribution in [1.82, 2.24) is 9.97 Å². The van der Waals surface area contributed by atoms with Gasteiger partial charge in [0.25, 0.3) is 0 Å². The van der Waals surface area contributed by atoms with Crippen LogP contribution in [0.1, 0.15) is 12.8 Å². The van der Waals surface area contributed by atoms with E-state index in [2.05, 4.69) is 20.7 Å². The van der Waals surface area contributed by atoms with Crippen LogP contribution in [0, 0.1) is 5.82 Å². The summed E-state index contributed by atoms with van der Waals surface area (Å²) in [6.45, 7) is 0.139. The van der Waals surface area contributed by atoms with Gasteiger partial charge in [-0.3, -0.25) is 5.43 Å². The fraction of sp³-hybridized carbons (Fsp3) is 0.556. The van der Waals surface area contributed by atoms with E-state index in [0.717, 1.165) is 6.20 Å². The van der Waals surface area contributed by atoms with Gasteiger partial charge in [0.15, 0.2) is 21.5 Å². The van der Waals surface area contributed by atoms with E-state index in [1.165, 1.54) is 0 Å². The zero-order chi connectivity index (χ0) is 13.2. The predicted octanol–water partition coefficient (Wildman–Crippen LogP) is -0.110. The highest BCUT2D eigenvalue weighted by atomic mass is 32.2. The lowest BCUT2D eigenvalue weighted by Gasteiger charge is -2.12. The minimum absolute atomic E-state index is 0.0555. The number of anilines is 2. The van der Waals surface area contributed by atoms with Crippen molar-refractivity contribution in [3.63, 3.8) is 0 Å². The van der Waals surface area contributed by atoms with Gasteiger partial charge in [-0.15, -0.1) is 0 Å². The molecule has 0 aromatic carbocycles. The van der Waals surface area contributed by atoms with E-state index < -0.39 is 20.9 Å². The molecule has 0 radical (unpaired) electrons. The van der Waals surface area contributed by atoms with Crippen LogP contribution in [0.5, 0.6) is 0 Å². The summed E-state index contributed by atoms with van der Waals surface area (Å²) < 4.78 is 36.6. The van der Waals surface area contributed by atoms with Crippen molar-refractivity contribution in [3.8, 4) is 0 Å². The van der Waals surface area contributed by atoms with E-state index >= 15 is 0 Å². The third kappa shape index (κ3) is 2.67. The SMILES string of the molecule is NNc1ncc(F)c(NCC2CCCS2(=O)=O)n1. The number of halogens is 1. The van der Waals surface area contributed by atoms with Crippen LogP contribution in [0.25, 0.3) is 0 Å². The van der Waals surface area contributed by atoms with E-state index in [0.29, 0.717) is 12.8 Å². The Morgan fingerprint density at radius 1 is 1.56 bits per heavy atom. The van der Waals surface area contributed by atoms with Crippen molar-refractivity contribution in [2.45, 2.75) is 18.1 Å². The lowest BCUT2D eigenvalue weighted by Crippen LogP contribution is -2.26. The van der Waals surface area contributed by atoms with Gasteiger partial charge in [0.2, 0.25) is 5.95 Å². The Kier molecular flexibility index (Phi) is 3.62. The minimum Gasteiger partial charge on any atom is -0.366 e. The van der Waals surface area contributed by atoms with Crippen LogP contribution in [-0.4, -0.2) is 35.9 Å². The average Bonchev–Trinajstić information content (AvgIpc) is 2.67. The van der Waals surface area contributed by atoms with Gasteiger partial charge in [0.1, 0.15) is 0 Å². The molecule has 0 saturated carbocycles. The Morgan fingerprint density at radius 3 is 2.94 bits per heavy atom. The Labute approximate surface area is 104 Å². The summed E-state index contributed by atoms with van der Waals surface area (Å²) in [6.07, 6.45) is 2.20. The summed E-state index contributed by atoms with van der Waals surface area (Å²) >= 11 is 0. The second-order valence-corrected chi connectivity index (χ2v) is 6.45. The topological polar surface area (TPSA) is 110 Å². The van der Waals surface area contributed by atoms with Gasteiger partial charge in [0.05, 0.1) is 17.2 Å². The van der Waals surface area contributed by atoms with Crippen molar-refractivity contribution >= 4 is 21.6 Å². The van der Waals surface area contributed by atoms with Crippen LogP contribution in [0.3, 0.4) is 0 Å². The minimum atomic E-state index is -3.05. The van der Waals surface area contributed by atoms with Crippen molar-refractivity contribution in [2.75, 3.05) is 23.0 Å². The predicted molar refractivity (Wildman–Crippen MR) is 65.1 cm³/mol. The smallest absolute Gasteiger partial charge is 0.239 e. The monoisotopic (exact) mass is 275 g/mol. The highest BCUT2D eigenvalue weighted by Crippen LogP contribution is 2.21. The lowest BCUT2D eigenvalue weighted by molar-refractivity contribution is 0.589. The molecule has 2 heterocycles. The van der Waals surface area contributed by atoms with Crippen LogP contribution < -0.4 is 16.6 Å². The first-order valence-corrected chi connectivity index (χ1v) is 7.19. The van der Waals surface area contributed by atoms with E-state index in [4.69, 9.17) is 5.84 Å². The average molecular weight is 275 g/mol. The van der Waals surface area contributed by atoms with Crippen LogP contribution in [0.4, 0.5) is 16.2 Å². The number of rotatable bonds is 4. The molecule has 1 fully saturated rings. The third-order valence-corrected chi connectivity index (χ3v) is 5.11. The molecule has 0 bridgehead atoms. The Balaban J connectivity index is 2.06. The first-order chi connectivity index (χ1) is 8.53. The molecule has 1 saturated heterocycles. The van der Waals surface area contributed by atoms with Crippen molar-refractivity contribution in [3.05, 3.63) is 12.0 Å². The summed E-state index contributed by atoms with van der Waals surface area (Å²) in [6, 6.07) is 0. The van der Waals surface area contributed by atoms with Gasteiger partial charge >= 0.3 is 0 Å². The molecule has 100 valence electrons.